The van der Waals surface area contributed by atoms with Crippen molar-refractivity contribution < 1.29 is 0 Å². The second kappa shape index (κ2) is 5.86. The minimum atomic E-state index is 0.945. The number of benzene rings is 4. The first kappa shape index (κ1) is 15.3. The van der Waals surface area contributed by atoms with Gasteiger partial charge in [0.25, 0.3) is 0 Å². The molecule has 0 unspecified atom stereocenters. The van der Waals surface area contributed by atoms with Crippen LogP contribution >= 0.6 is 0 Å². The fourth-order valence-electron chi connectivity index (χ4n) is 4.30. The highest BCUT2D eigenvalue weighted by atomic mass is 15.2. The monoisotopic (exact) mass is 356 g/mol. The van der Waals surface area contributed by atoms with E-state index in [4.69, 9.17) is 10.2 Å². The fraction of sp³-hybridized carbons (Fsp3) is 0. The summed E-state index contributed by atoms with van der Waals surface area (Å²) in [5, 5.41) is 9.58. The van der Waals surface area contributed by atoms with Crippen LogP contribution in [0.15, 0.2) is 107 Å². The Kier molecular flexibility index (Phi) is 3.20. The SMILES string of the molecule is c1ccc2c(c1)C(=NN=C1c3ccccc3-c3ccccc31)c1ccccc1-2. The molecule has 0 saturated carbocycles. The van der Waals surface area contributed by atoms with Gasteiger partial charge >= 0.3 is 0 Å². The molecule has 0 aliphatic heterocycles. The summed E-state index contributed by atoms with van der Waals surface area (Å²) in [6, 6.07) is 33.7. The molecule has 2 nitrogen and oxygen atoms in total. The maximum Gasteiger partial charge on any atom is 0.101 e. The lowest BCUT2D eigenvalue weighted by molar-refractivity contribution is 1.23. The Morgan fingerprint density at radius 2 is 0.500 bits per heavy atom. The van der Waals surface area contributed by atoms with E-state index in [9.17, 15) is 0 Å². The normalized spacial score (nSPS) is 12.9. The Morgan fingerprint density at radius 1 is 0.286 bits per heavy atom. The summed E-state index contributed by atoms with van der Waals surface area (Å²) in [7, 11) is 0. The van der Waals surface area contributed by atoms with E-state index in [0.717, 1.165) is 33.7 Å². The molecule has 4 aromatic rings. The molecule has 6 rings (SSSR count). The van der Waals surface area contributed by atoms with E-state index in [0.29, 0.717) is 0 Å². The zero-order valence-corrected chi connectivity index (χ0v) is 15.1. The molecule has 2 aliphatic rings. The Bertz CT molecular complexity index is 1110. The van der Waals surface area contributed by atoms with Crippen molar-refractivity contribution in [2.24, 2.45) is 10.2 Å². The summed E-state index contributed by atoms with van der Waals surface area (Å²) in [5.41, 5.74) is 11.4. The molecule has 0 N–H and O–H groups in total. The molecule has 0 radical (unpaired) electrons. The molecule has 0 heterocycles. The Morgan fingerprint density at radius 3 is 0.750 bits per heavy atom. The van der Waals surface area contributed by atoms with Crippen LogP contribution in [0.3, 0.4) is 0 Å². The molecule has 0 saturated heterocycles. The molecule has 0 fully saturated rings. The van der Waals surface area contributed by atoms with Crippen LogP contribution in [-0.2, 0) is 0 Å². The van der Waals surface area contributed by atoms with Crippen molar-refractivity contribution in [3.63, 3.8) is 0 Å². The number of rotatable bonds is 1. The highest BCUT2D eigenvalue weighted by molar-refractivity contribution is 6.26. The van der Waals surface area contributed by atoms with Gasteiger partial charge in [-0.3, -0.25) is 0 Å². The first-order valence-electron chi connectivity index (χ1n) is 9.46. The average molecular weight is 356 g/mol. The van der Waals surface area contributed by atoms with Crippen LogP contribution in [-0.4, -0.2) is 11.4 Å². The largest absolute Gasteiger partial charge is 0.149 e. The first-order valence-corrected chi connectivity index (χ1v) is 9.46. The van der Waals surface area contributed by atoms with Gasteiger partial charge in [-0.15, -0.1) is 10.2 Å². The molecule has 2 heteroatoms. The van der Waals surface area contributed by atoms with Crippen molar-refractivity contribution in [1.29, 1.82) is 0 Å². The van der Waals surface area contributed by atoms with E-state index in [1.807, 2.05) is 0 Å². The number of hydrogen-bond donors (Lipinski definition) is 0. The Hall–Kier alpha value is -3.78. The van der Waals surface area contributed by atoms with Gasteiger partial charge < -0.3 is 0 Å². The van der Waals surface area contributed by atoms with Crippen LogP contribution in [0.5, 0.6) is 0 Å². The lowest BCUT2D eigenvalue weighted by Crippen LogP contribution is -2.01. The molecule has 0 spiro atoms. The van der Waals surface area contributed by atoms with Crippen molar-refractivity contribution in [1.82, 2.24) is 0 Å². The van der Waals surface area contributed by atoms with Crippen molar-refractivity contribution in [2.75, 3.05) is 0 Å². The minimum Gasteiger partial charge on any atom is -0.149 e. The zero-order chi connectivity index (χ0) is 18.5. The third-order valence-electron chi connectivity index (χ3n) is 5.56. The van der Waals surface area contributed by atoms with E-state index in [1.54, 1.807) is 0 Å². The predicted molar refractivity (Wildman–Crippen MR) is 115 cm³/mol. The van der Waals surface area contributed by atoms with E-state index >= 15 is 0 Å². The van der Waals surface area contributed by atoms with Gasteiger partial charge in [-0.25, -0.2) is 0 Å². The second-order valence-corrected chi connectivity index (χ2v) is 7.08. The maximum absolute atomic E-state index is 4.79. The van der Waals surface area contributed by atoms with Gasteiger partial charge in [0, 0.05) is 22.3 Å². The molecule has 0 amide bonds. The standard InChI is InChI=1S/C26H16N2/c1-5-13-21-17(9-1)18-10-2-6-14-22(18)25(21)27-28-26-23-15-7-3-11-19(23)20-12-4-8-16-24(20)26/h1-16H. The lowest BCUT2D eigenvalue weighted by Gasteiger charge is -2.01. The van der Waals surface area contributed by atoms with Crippen LogP contribution in [0.4, 0.5) is 0 Å². The maximum atomic E-state index is 4.79. The van der Waals surface area contributed by atoms with E-state index in [1.165, 1.54) is 22.3 Å². The van der Waals surface area contributed by atoms with Crippen molar-refractivity contribution >= 4 is 11.4 Å². The van der Waals surface area contributed by atoms with Crippen LogP contribution in [0.2, 0.25) is 0 Å². The first-order chi connectivity index (χ1) is 13.9. The van der Waals surface area contributed by atoms with E-state index in [2.05, 4.69) is 97.1 Å². The van der Waals surface area contributed by atoms with E-state index < -0.39 is 0 Å². The predicted octanol–water partition coefficient (Wildman–Crippen LogP) is 5.94. The van der Waals surface area contributed by atoms with Gasteiger partial charge in [0.05, 0.1) is 0 Å². The van der Waals surface area contributed by atoms with Gasteiger partial charge in [-0.2, -0.15) is 0 Å². The van der Waals surface area contributed by atoms with Crippen molar-refractivity contribution in [3.8, 4) is 22.3 Å². The summed E-state index contributed by atoms with van der Waals surface area (Å²) in [6.45, 7) is 0. The van der Waals surface area contributed by atoms with Crippen LogP contribution in [0.1, 0.15) is 22.3 Å². The summed E-state index contributed by atoms with van der Waals surface area (Å²) in [6.07, 6.45) is 0. The molecule has 0 atom stereocenters. The summed E-state index contributed by atoms with van der Waals surface area (Å²) >= 11 is 0. The van der Waals surface area contributed by atoms with Gasteiger partial charge in [0.2, 0.25) is 0 Å². The van der Waals surface area contributed by atoms with Crippen molar-refractivity contribution in [2.45, 2.75) is 0 Å². The Labute approximate surface area is 163 Å². The van der Waals surface area contributed by atoms with Gasteiger partial charge in [0.15, 0.2) is 0 Å². The smallest absolute Gasteiger partial charge is 0.101 e. The quantitative estimate of drug-likeness (QED) is 0.326. The number of hydrogen-bond acceptors (Lipinski definition) is 2. The van der Waals surface area contributed by atoms with E-state index in [-0.39, 0.29) is 0 Å². The second-order valence-electron chi connectivity index (χ2n) is 7.08. The highest BCUT2D eigenvalue weighted by Crippen LogP contribution is 2.38. The topological polar surface area (TPSA) is 24.7 Å². The molecule has 0 bridgehead atoms. The molecular weight excluding hydrogens is 340 g/mol. The van der Waals surface area contributed by atoms with Gasteiger partial charge in [-0.1, -0.05) is 97.1 Å². The molecule has 130 valence electrons. The summed E-state index contributed by atoms with van der Waals surface area (Å²) in [4.78, 5) is 0. The summed E-state index contributed by atoms with van der Waals surface area (Å²) < 4.78 is 0. The van der Waals surface area contributed by atoms with Crippen molar-refractivity contribution in [3.05, 3.63) is 119 Å². The third kappa shape index (κ3) is 2.09. The molecule has 28 heavy (non-hydrogen) atoms. The number of fused-ring (bicyclic) bond motifs is 6. The molecule has 4 aromatic carbocycles. The molecular formula is C26H16N2. The van der Waals surface area contributed by atoms with Gasteiger partial charge in [-0.05, 0) is 22.3 Å². The average Bonchev–Trinajstić information content (AvgIpc) is 3.26. The van der Waals surface area contributed by atoms with Crippen LogP contribution in [0.25, 0.3) is 22.3 Å². The number of nitrogens with zero attached hydrogens (tertiary/aromatic N) is 2. The fourth-order valence-corrected chi connectivity index (χ4v) is 4.30. The molecule has 0 aromatic heterocycles. The third-order valence-corrected chi connectivity index (χ3v) is 5.56. The zero-order valence-electron chi connectivity index (χ0n) is 15.1. The lowest BCUT2D eigenvalue weighted by atomic mass is 10.1. The minimum absolute atomic E-state index is 0.945. The summed E-state index contributed by atoms with van der Waals surface area (Å²) in [5.74, 6) is 0. The van der Waals surface area contributed by atoms with Crippen LogP contribution in [0, 0.1) is 0 Å². The van der Waals surface area contributed by atoms with Crippen LogP contribution < -0.4 is 0 Å². The highest BCUT2D eigenvalue weighted by Gasteiger charge is 2.26. The van der Waals surface area contributed by atoms with Gasteiger partial charge in [0.1, 0.15) is 11.4 Å². The Balaban J connectivity index is 1.58. The molecule has 2 aliphatic carbocycles.